The van der Waals surface area contributed by atoms with Crippen molar-refractivity contribution in [3.63, 3.8) is 0 Å². The molecule has 1 aliphatic rings. The van der Waals surface area contributed by atoms with Crippen LogP contribution in [0.2, 0.25) is 0 Å². The third-order valence-corrected chi connectivity index (χ3v) is 4.31. The maximum atomic E-state index is 12.8. The molecule has 0 aromatic carbocycles. The molecule has 0 unspecified atom stereocenters. The molecule has 1 aliphatic carbocycles. The maximum absolute atomic E-state index is 12.8. The van der Waals surface area contributed by atoms with Gasteiger partial charge in [-0.2, -0.15) is 0 Å². The second kappa shape index (κ2) is 5.70. The highest BCUT2D eigenvalue weighted by atomic mass is 16.5. The van der Waals surface area contributed by atoms with Crippen molar-refractivity contribution in [3.05, 3.63) is 24.0 Å². The van der Waals surface area contributed by atoms with Gasteiger partial charge in [-0.05, 0) is 43.7 Å². The fourth-order valence-electron chi connectivity index (χ4n) is 2.82. The van der Waals surface area contributed by atoms with E-state index < -0.39 is 5.41 Å². The summed E-state index contributed by atoms with van der Waals surface area (Å²) in [6.45, 7) is 2.62. The van der Waals surface area contributed by atoms with Crippen molar-refractivity contribution in [2.45, 2.75) is 32.6 Å². The van der Waals surface area contributed by atoms with E-state index in [9.17, 15) is 4.79 Å². The summed E-state index contributed by atoms with van der Waals surface area (Å²) < 4.78 is 5.24. The number of Topliss-reactive ketones (excluding diaryl/α,β-unsaturated/α-hetero) is 1. The molecule has 1 aromatic rings. The lowest BCUT2D eigenvalue weighted by Crippen LogP contribution is -2.42. The van der Waals surface area contributed by atoms with Gasteiger partial charge < -0.3 is 10.5 Å². The molecule has 19 heavy (non-hydrogen) atoms. The Kier molecular flexibility index (Phi) is 4.20. The molecule has 1 saturated carbocycles. The van der Waals surface area contributed by atoms with Gasteiger partial charge in [0.2, 0.25) is 0 Å². The number of carbonyl (C=O) groups is 1. The Labute approximate surface area is 114 Å². The van der Waals surface area contributed by atoms with E-state index in [2.05, 4.69) is 11.9 Å². The van der Waals surface area contributed by atoms with Crippen LogP contribution in [0.4, 0.5) is 0 Å². The van der Waals surface area contributed by atoms with E-state index in [0.717, 1.165) is 25.7 Å². The summed E-state index contributed by atoms with van der Waals surface area (Å²) in [5, 5.41) is 0. The number of ether oxygens (including phenoxy) is 1. The fourth-order valence-corrected chi connectivity index (χ4v) is 2.82. The summed E-state index contributed by atoms with van der Waals surface area (Å²) in [5.74, 6) is 1.26. The number of methoxy groups -OCH3 is 1. The SMILES string of the molecule is COc1cccnc1C(=O)C1(CN)CCC(C)CC1. The van der Waals surface area contributed by atoms with Crippen molar-refractivity contribution < 1.29 is 9.53 Å². The average molecular weight is 262 g/mol. The lowest BCUT2D eigenvalue weighted by atomic mass is 9.67. The van der Waals surface area contributed by atoms with Gasteiger partial charge in [0.25, 0.3) is 0 Å². The second-order valence-electron chi connectivity index (χ2n) is 5.55. The monoisotopic (exact) mass is 262 g/mol. The fraction of sp³-hybridized carbons (Fsp3) is 0.600. The third kappa shape index (κ3) is 2.63. The normalized spacial score (nSPS) is 27.0. The Morgan fingerprint density at radius 2 is 2.21 bits per heavy atom. The van der Waals surface area contributed by atoms with Gasteiger partial charge in [0.15, 0.2) is 5.78 Å². The van der Waals surface area contributed by atoms with Crippen molar-refractivity contribution in [3.8, 4) is 5.75 Å². The number of carbonyl (C=O) groups excluding carboxylic acids is 1. The molecule has 1 fully saturated rings. The first-order valence-corrected chi connectivity index (χ1v) is 6.87. The Morgan fingerprint density at radius 3 is 2.79 bits per heavy atom. The van der Waals surface area contributed by atoms with E-state index in [1.807, 2.05) is 0 Å². The summed E-state index contributed by atoms with van der Waals surface area (Å²) in [7, 11) is 1.56. The first-order chi connectivity index (χ1) is 9.13. The van der Waals surface area contributed by atoms with Gasteiger partial charge in [-0.15, -0.1) is 0 Å². The van der Waals surface area contributed by atoms with Crippen molar-refractivity contribution >= 4 is 5.78 Å². The maximum Gasteiger partial charge on any atom is 0.192 e. The minimum atomic E-state index is -0.450. The zero-order chi connectivity index (χ0) is 13.9. The first-order valence-electron chi connectivity index (χ1n) is 6.87. The largest absolute Gasteiger partial charge is 0.494 e. The minimum Gasteiger partial charge on any atom is -0.494 e. The minimum absolute atomic E-state index is 0.0411. The number of pyridine rings is 1. The van der Waals surface area contributed by atoms with Gasteiger partial charge in [0.05, 0.1) is 7.11 Å². The van der Waals surface area contributed by atoms with Crippen molar-refractivity contribution in [1.29, 1.82) is 0 Å². The summed E-state index contributed by atoms with van der Waals surface area (Å²) in [6.07, 6.45) is 5.44. The molecule has 0 saturated heterocycles. The predicted molar refractivity (Wildman–Crippen MR) is 74.2 cm³/mol. The van der Waals surface area contributed by atoms with Crippen LogP contribution in [0.5, 0.6) is 5.75 Å². The van der Waals surface area contributed by atoms with Crippen molar-refractivity contribution in [1.82, 2.24) is 4.98 Å². The molecule has 1 aromatic heterocycles. The summed E-state index contributed by atoms with van der Waals surface area (Å²) in [4.78, 5) is 17.0. The quantitative estimate of drug-likeness (QED) is 0.846. The van der Waals surface area contributed by atoms with Crippen LogP contribution >= 0.6 is 0 Å². The number of nitrogens with two attached hydrogens (primary N) is 1. The number of hydrogen-bond acceptors (Lipinski definition) is 4. The first kappa shape index (κ1) is 14.0. The zero-order valence-corrected chi connectivity index (χ0v) is 11.7. The van der Waals surface area contributed by atoms with Gasteiger partial charge >= 0.3 is 0 Å². The molecule has 4 heteroatoms. The van der Waals surface area contributed by atoms with E-state index in [0.29, 0.717) is 23.9 Å². The summed E-state index contributed by atoms with van der Waals surface area (Å²) >= 11 is 0. The Bertz CT molecular complexity index is 451. The molecule has 0 aliphatic heterocycles. The van der Waals surface area contributed by atoms with Gasteiger partial charge in [-0.1, -0.05) is 6.92 Å². The zero-order valence-electron chi connectivity index (χ0n) is 11.7. The highest BCUT2D eigenvalue weighted by Crippen LogP contribution is 2.41. The van der Waals surface area contributed by atoms with Gasteiger partial charge in [-0.25, -0.2) is 4.98 Å². The average Bonchev–Trinajstić information content (AvgIpc) is 2.47. The molecular weight excluding hydrogens is 240 g/mol. The van der Waals surface area contributed by atoms with E-state index in [-0.39, 0.29) is 5.78 Å². The molecule has 1 heterocycles. The van der Waals surface area contributed by atoms with Crippen LogP contribution in [-0.4, -0.2) is 24.4 Å². The molecule has 0 spiro atoms. The van der Waals surface area contributed by atoms with Gasteiger partial charge in [-0.3, -0.25) is 4.79 Å². The molecule has 2 rings (SSSR count). The standard InChI is InChI=1S/C15H22N2O2/c1-11-5-7-15(10-16,8-6-11)14(18)13-12(19-2)4-3-9-17-13/h3-4,9,11H,5-8,10,16H2,1-2H3. The Morgan fingerprint density at radius 1 is 1.53 bits per heavy atom. The lowest BCUT2D eigenvalue weighted by molar-refractivity contribution is 0.0686. The highest BCUT2D eigenvalue weighted by Gasteiger charge is 2.41. The molecule has 104 valence electrons. The summed E-state index contributed by atoms with van der Waals surface area (Å²) in [5.41, 5.74) is 5.90. The van der Waals surface area contributed by atoms with Crippen LogP contribution in [0.25, 0.3) is 0 Å². The smallest absolute Gasteiger partial charge is 0.192 e. The number of hydrogen-bond donors (Lipinski definition) is 1. The number of nitrogens with zero attached hydrogens (tertiary/aromatic N) is 1. The molecule has 2 N–H and O–H groups in total. The topological polar surface area (TPSA) is 65.2 Å². The number of rotatable bonds is 4. The van der Waals surface area contributed by atoms with Crippen LogP contribution in [0, 0.1) is 11.3 Å². The molecule has 0 radical (unpaired) electrons. The number of aromatic nitrogens is 1. The van der Waals surface area contributed by atoms with Crippen LogP contribution in [0.3, 0.4) is 0 Å². The van der Waals surface area contributed by atoms with E-state index in [4.69, 9.17) is 10.5 Å². The molecule has 0 bridgehead atoms. The molecule has 4 nitrogen and oxygen atoms in total. The lowest BCUT2D eigenvalue weighted by Gasteiger charge is -2.37. The summed E-state index contributed by atoms with van der Waals surface area (Å²) in [6, 6.07) is 3.55. The molecular formula is C15H22N2O2. The Balaban J connectivity index is 2.30. The van der Waals surface area contributed by atoms with E-state index >= 15 is 0 Å². The van der Waals surface area contributed by atoms with Crippen LogP contribution in [-0.2, 0) is 0 Å². The van der Waals surface area contributed by atoms with E-state index in [1.165, 1.54) is 0 Å². The Hall–Kier alpha value is -1.42. The predicted octanol–water partition coefficient (Wildman–Crippen LogP) is 2.43. The molecule has 0 amide bonds. The van der Waals surface area contributed by atoms with Crippen molar-refractivity contribution in [2.75, 3.05) is 13.7 Å². The second-order valence-corrected chi connectivity index (χ2v) is 5.55. The van der Waals surface area contributed by atoms with Crippen LogP contribution < -0.4 is 10.5 Å². The van der Waals surface area contributed by atoms with Crippen LogP contribution in [0.15, 0.2) is 18.3 Å². The van der Waals surface area contributed by atoms with Crippen molar-refractivity contribution in [2.24, 2.45) is 17.1 Å². The highest BCUT2D eigenvalue weighted by molar-refractivity contribution is 6.01. The van der Waals surface area contributed by atoms with E-state index in [1.54, 1.807) is 25.4 Å². The number of ketones is 1. The van der Waals surface area contributed by atoms with Gasteiger partial charge in [0, 0.05) is 18.2 Å². The van der Waals surface area contributed by atoms with Gasteiger partial charge in [0.1, 0.15) is 11.4 Å². The molecule has 0 atom stereocenters. The van der Waals surface area contributed by atoms with Crippen LogP contribution in [0.1, 0.15) is 43.1 Å². The third-order valence-electron chi connectivity index (χ3n) is 4.31.